The Morgan fingerprint density at radius 1 is 1.53 bits per heavy atom. The zero-order chi connectivity index (χ0) is 10.7. The molecule has 0 saturated heterocycles. The molecule has 0 aromatic carbocycles. The maximum atomic E-state index is 5.44. The summed E-state index contributed by atoms with van der Waals surface area (Å²) >= 11 is 0. The maximum Gasteiger partial charge on any atom is 0.243 e. The number of hydrogen-bond acceptors (Lipinski definition) is 4. The van der Waals surface area contributed by atoms with E-state index in [0.717, 1.165) is 18.4 Å². The smallest absolute Gasteiger partial charge is 0.243 e. The summed E-state index contributed by atoms with van der Waals surface area (Å²) in [5, 5.41) is 9.79. The number of anilines is 2. The summed E-state index contributed by atoms with van der Waals surface area (Å²) in [4.78, 5) is 4.01. The lowest BCUT2D eigenvalue weighted by Crippen LogP contribution is -2.21. The lowest BCUT2D eigenvalue weighted by Gasteiger charge is -2.26. The van der Waals surface area contributed by atoms with Gasteiger partial charge in [0.2, 0.25) is 11.9 Å². The third kappa shape index (κ3) is 2.84. The minimum Gasteiger partial charge on any atom is -0.368 e. The summed E-state index contributed by atoms with van der Waals surface area (Å²) in [5.74, 6) is 2.61. The van der Waals surface area contributed by atoms with Gasteiger partial charge in [0.05, 0.1) is 0 Å². The molecule has 2 unspecified atom stereocenters. The monoisotopic (exact) mass is 209 g/mol. The average Bonchev–Trinajstić information content (AvgIpc) is 2.62. The van der Waals surface area contributed by atoms with E-state index in [4.69, 9.17) is 5.73 Å². The number of rotatable bonds is 3. The van der Waals surface area contributed by atoms with Crippen LogP contribution in [0.5, 0.6) is 0 Å². The molecule has 1 aliphatic rings. The summed E-state index contributed by atoms with van der Waals surface area (Å²) in [6.45, 7) is 3.29. The predicted octanol–water partition coefficient (Wildman–Crippen LogP) is 1.63. The van der Waals surface area contributed by atoms with Crippen molar-refractivity contribution < 1.29 is 0 Å². The summed E-state index contributed by atoms with van der Waals surface area (Å²) in [5.41, 5.74) is 5.44. The normalized spacial score (nSPS) is 26.5. The van der Waals surface area contributed by atoms with Crippen LogP contribution in [0.15, 0.2) is 0 Å². The van der Waals surface area contributed by atoms with Gasteiger partial charge in [0.1, 0.15) is 0 Å². The summed E-state index contributed by atoms with van der Waals surface area (Å²) < 4.78 is 0. The molecule has 0 bridgehead atoms. The van der Waals surface area contributed by atoms with Gasteiger partial charge in [-0.2, -0.15) is 4.98 Å². The minimum atomic E-state index is 0.370. The zero-order valence-corrected chi connectivity index (χ0v) is 9.16. The van der Waals surface area contributed by atoms with Gasteiger partial charge in [-0.25, -0.2) is 5.10 Å². The van der Waals surface area contributed by atoms with Crippen molar-refractivity contribution in [2.75, 3.05) is 17.6 Å². The third-order valence-electron chi connectivity index (χ3n) is 3.10. The van der Waals surface area contributed by atoms with Crippen LogP contribution in [0, 0.1) is 11.8 Å². The van der Waals surface area contributed by atoms with Crippen molar-refractivity contribution in [2.24, 2.45) is 11.8 Å². The van der Waals surface area contributed by atoms with E-state index in [-0.39, 0.29) is 0 Å². The fourth-order valence-electron chi connectivity index (χ4n) is 2.33. The van der Waals surface area contributed by atoms with Crippen molar-refractivity contribution in [2.45, 2.75) is 32.6 Å². The highest BCUT2D eigenvalue weighted by Gasteiger charge is 2.18. The number of H-pyrrole nitrogens is 1. The second-order valence-corrected chi connectivity index (χ2v) is 4.56. The second kappa shape index (κ2) is 4.51. The Balaban J connectivity index is 1.77. The molecule has 4 N–H and O–H groups in total. The van der Waals surface area contributed by atoms with Gasteiger partial charge in [0.15, 0.2) is 0 Å². The molecule has 1 heterocycles. The summed E-state index contributed by atoms with van der Waals surface area (Å²) in [6.07, 6.45) is 5.36. The molecule has 5 nitrogen and oxygen atoms in total. The first kappa shape index (κ1) is 10.3. The van der Waals surface area contributed by atoms with Crippen molar-refractivity contribution in [1.82, 2.24) is 15.2 Å². The number of nitrogens with two attached hydrogens (primary N) is 1. The number of nitrogen functional groups attached to an aromatic ring is 1. The molecular formula is C10H19N5. The standard InChI is InChI=1S/C10H19N5/c1-7-3-2-4-8(5-7)6-12-10-13-9(11)14-15-10/h7-8H,2-6H2,1H3,(H4,11,12,13,14,15). The van der Waals surface area contributed by atoms with Crippen molar-refractivity contribution >= 4 is 11.9 Å². The van der Waals surface area contributed by atoms with Crippen LogP contribution in [0.3, 0.4) is 0 Å². The van der Waals surface area contributed by atoms with Gasteiger partial charge in [-0.15, -0.1) is 5.10 Å². The Morgan fingerprint density at radius 2 is 2.40 bits per heavy atom. The molecule has 84 valence electrons. The van der Waals surface area contributed by atoms with Crippen LogP contribution >= 0.6 is 0 Å². The maximum absolute atomic E-state index is 5.44. The first-order valence-electron chi connectivity index (χ1n) is 5.66. The first-order chi connectivity index (χ1) is 7.24. The van der Waals surface area contributed by atoms with Gasteiger partial charge in [0.25, 0.3) is 0 Å². The highest BCUT2D eigenvalue weighted by molar-refractivity contribution is 5.29. The van der Waals surface area contributed by atoms with Gasteiger partial charge < -0.3 is 11.1 Å². The van der Waals surface area contributed by atoms with E-state index in [0.29, 0.717) is 11.9 Å². The first-order valence-corrected chi connectivity index (χ1v) is 5.66. The van der Waals surface area contributed by atoms with Gasteiger partial charge in [-0.3, -0.25) is 0 Å². The Morgan fingerprint density at radius 3 is 3.07 bits per heavy atom. The molecule has 15 heavy (non-hydrogen) atoms. The van der Waals surface area contributed by atoms with Gasteiger partial charge >= 0.3 is 0 Å². The topological polar surface area (TPSA) is 79.6 Å². The van der Waals surface area contributed by atoms with Gasteiger partial charge in [-0.05, 0) is 24.7 Å². The Labute approximate surface area is 89.9 Å². The second-order valence-electron chi connectivity index (χ2n) is 4.56. The lowest BCUT2D eigenvalue weighted by atomic mass is 9.82. The van der Waals surface area contributed by atoms with E-state index in [9.17, 15) is 0 Å². The lowest BCUT2D eigenvalue weighted by molar-refractivity contribution is 0.293. The molecular weight excluding hydrogens is 190 g/mol. The highest BCUT2D eigenvalue weighted by Crippen LogP contribution is 2.28. The van der Waals surface area contributed by atoms with Crippen LogP contribution in [0.1, 0.15) is 32.6 Å². The zero-order valence-electron chi connectivity index (χ0n) is 9.16. The molecule has 1 aromatic rings. The van der Waals surface area contributed by atoms with Crippen molar-refractivity contribution in [3.8, 4) is 0 Å². The largest absolute Gasteiger partial charge is 0.368 e. The SMILES string of the molecule is CC1CCCC(CNc2n[nH]c(N)n2)C1. The van der Waals surface area contributed by atoms with Crippen LogP contribution in [0.25, 0.3) is 0 Å². The van der Waals surface area contributed by atoms with E-state index in [2.05, 4.69) is 27.4 Å². The predicted molar refractivity (Wildman–Crippen MR) is 60.4 cm³/mol. The molecule has 5 heteroatoms. The van der Waals surface area contributed by atoms with Gasteiger partial charge in [0, 0.05) is 6.54 Å². The highest BCUT2D eigenvalue weighted by atomic mass is 15.3. The molecule has 1 fully saturated rings. The Hall–Kier alpha value is -1.26. The number of aromatic amines is 1. The molecule has 1 aromatic heterocycles. The minimum absolute atomic E-state index is 0.370. The van der Waals surface area contributed by atoms with E-state index in [1.165, 1.54) is 25.7 Å². The third-order valence-corrected chi connectivity index (χ3v) is 3.10. The van der Waals surface area contributed by atoms with Crippen LogP contribution in [-0.2, 0) is 0 Å². The van der Waals surface area contributed by atoms with E-state index in [1.807, 2.05) is 0 Å². The molecule has 2 atom stereocenters. The molecule has 0 spiro atoms. The van der Waals surface area contributed by atoms with E-state index in [1.54, 1.807) is 0 Å². The molecule has 2 rings (SSSR count). The summed E-state index contributed by atoms with van der Waals surface area (Å²) in [6, 6.07) is 0. The Kier molecular flexibility index (Phi) is 3.08. The number of nitrogens with one attached hydrogen (secondary N) is 2. The molecule has 1 saturated carbocycles. The van der Waals surface area contributed by atoms with E-state index < -0.39 is 0 Å². The van der Waals surface area contributed by atoms with Crippen LogP contribution in [0.4, 0.5) is 11.9 Å². The average molecular weight is 209 g/mol. The fourth-order valence-corrected chi connectivity index (χ4v) is 2.33. The quantitative estimate of drug-likeness (QED) is 0.706. The van der Waals surface area contributed by atoms with Crippen LogP contribution in [0.2, 0.25) is 0 Å². The molecule has 1 aliphatic carbocycles. The molecule has 0 amide bonds. The fraction of sp³-hybridized carbons (Fsp3) is 0.800. The molecule has 0 radical (unpaired) electrons. The van der Waals surface area contributed by atoms with Crippen molar-refractivity contribution in [3.05, 3.63) is 0 Å². The van der Waals surface area contributed by atoms with Crippen molar-refractivity contribution in [1.29, 1.82) is 0 Å². The van der Waals surface area contributed by atoms with Crippen molar-refractivity contribution in [3.63, 3.8) is 0 Å². The van der Waals surface area contributed by atoms with E-state index >= 15 is 0 Å². The van der Waals surface area contributed by atoms with Gasteiger partial charge in [-0.1, -0.05) is 19.8 Å². The number of nitrogens with zero attached hydrogens (tertiary/aromatic N) is 2. The van der Waals surface area contributed by atoms with Crippen LogP contribution in [-0.4, -0.2) is 21.7 Å². The summed E-state index contributed by atoms with van der Waals surface area (Å²) in [7, 11) is 0. The Bertz CT molecular complexity index is 309. The number of hydrogen-bond donors (Lipinski definition) is 3. The number of aromatic nitrogens is 3. The molecule has 0 aliphatic heterocycles. The van der Waals surface area contributed by atoms with Crippen LogP contribution < -0.4 is 11.1 Å².